The highest BCUT2D eigenvalue weighted by Gasteiger charge is 2.17. The average molecular weight is 274 g/mol. The molecule has 1 aromatic carbocycles. The number of nitro groups is 1. The van der Waals surface area contributed by atoms with Crippen molar-refractivity contribution < 1.29 is 18.4 Å². The Hall–Kier alpha value is -1.76. The van der Waals surface area contributed by atoms with Crippen LogP contribution in [0.4, 0.5) is 20.2 Å². The van der Waals surface area contributed by atoms with E-state index in [0.717, 1.165) is 6.07 Å². The second kappa shape index (κ2) is 6.98. The maximum atomic E-state index is 12.8. The fourth-order valence-corrected chi connectivity index (χ4v) is 1.49. The molecule has 0 aliphatic carbocycles. The van der Waals surface area contributed by atoms with Gasteiger partial charge in [-0.25, -0.2) is 8.78 Å². The van der Waals surface area contributed by atoms with Crippen LogP contribution in [0.2, 0.25) is 0 Å². The molecule has 0 atom stereocenters. The van der Waals surface area contributed by atoms with Crippen LogP contribution in [0.3, 0.4) is 0 Å². The Balaban J connectivity index is 2.74. The number of nitro benzene ring substituents is 1. The summed E-state index contributed by atoms with van der Waals surface area (Å²) in [6.45, 7) is 4.47. The van der Waals surface area contributed by atoms with Crippen LogP contribution in [0.1, 0.15) is 25.8 Å². The van der Waals surface area contributed by atoms with E-state index in [9.17, 15) is 18.9 Å². The van der Waals surface area contributed by atoms with Gasteiger partial charge >= 0.3 is 0 Å². The van der Waals surface area contributed by atoms with Gasteiger partial charge in [0, 0.05) is 29.9 Å². The van der Waals surface area contributed by atoms with E-state index >= 15 is 0 Å². The van der Waals surface area contributed by atoms with Crippen molar-refractivity contribution >= 4 is 11.4 Å². The van der Waals surface area contributed by atoms with Crippen molar-refractivity contribution in [1.82, 2.24) is 0 Å². The first kappa shape index (κ1) is 15.3. The lowest BCUT2D eigenvalue weighted by Crippen LogP contribution is -2.14. The lowest BCUT2D eigenvalue weighted by atomic mass is 10.1. The Morgan fingerprint density at radius 3 is 2.63 bits per heavy atom. The number of nitrogens with one attached hydrogen (secondary N) is 1. The van der Waals surface area contributed by atoms with Gasteiger partial charge in [-0.15, -0.1) is 0 Å². The zero-order valence-electron chi connectivity index (χ0n) is 10.7. The first-order valence-electron chi connectivity index (χ1n) is 5.83. The lowest BCUT2D eigenvalue weighted by Gasteiger charge is -2.12. The van der Waals surface area contributed by atoms with Gasteiger partial charge in [0.2, 0.25) is 0 Å². The molecule has 0 spiro atoms. The highest BCUT2D eigenvalue weighted by atomic mass is 19.3. The fourth-order valence-electron chi connectivity index (χ4n) is 1.49. The van der Waals surface area contributed by atoms with Gasteiger partial charge in [-0.05, 0) is 19.9 Å². The molecule has 0 saturated carbocycles. The number of non-ortho nitro benzene ring substituents is 1. The van der Waals surface area contributed by atoms with Crippen LogP contribution in [0.5, 0.6) is 0 Å². The van der Waals surface area contributed by atoms with E-state index in [1.54, 1.807) is 0 Å². The summed E-state index contributed by atoms with van der Waals surface area (Å²) in [6.07, 6.45) is -2.71. The minimum Gasteiger partial charge on any atom is -0.382 e. The number of halogens is 2. The summed E-state index contributed by atoms with van der Waals surface area (Å²) in [5.41, 5.74) is -0.536. The van der Waals surface area contributed by atoms with E-state index in [2.05, 4.69) is 5.32 Å². The van der Waals surface area contributed by atoms with E-state index in [0.29, 0.717) is 13.2 Å². The molecule has 1 rings (SSSR count). The molecule has 1 aromatic rings. The molecule has 0 bridgehead atoms. The van der Waals surface area contributed by atoms with Gasteiger partial charge in [-0.3, -0.25) is 10.1 Å². The number of hydrogen-bond donors (Lipinski definition) is 1. The standard InChI is InChI=1S/C12H16F2N2O3/c1-8(2)19-6-5-15-11-4-3-9(16(17)18)7-10(11)12(13)14/h3-4,7-8,12,15H,5-6H2,1-2H3. The summed E-state index contributed by atoms with van der Waals surface area (Å²) in [4.78, 5) is 9.85. The summed E-state index contributed by atoms with van der Waals surface area (Å²) in [5.74, 6) is 0. The van der Waals surface area contributed by atoms with Crippen molar-refractivity contribution in [3.63, 3.8) is 0 Å². The number of ether oxygens (including phenoxy) is 1. The lowest BCUT2D eigenvalue weighted by molar-refractivity contribution is -0.385. The van der Waals surface area contributed by atoms with Crippen LogP contribution >= 0.6 is 0 Å². The summed E-state index contributed by atoms with van der Waals surface area (Å²) >= 11 is 0. The molecule has 5 nitrogen and oxygen atoms in total. The molecule has 0 saturated heterocycles. The second-order valence-electron chi connectivity index (χ2n) is 4.18. The minimum atomic E-state index is -2.77. The zero-order valence-corrected chi connectivity index (χ0v) is 10.7. The van der Waals surface area contributed by atoms with Gasteiger partial charge in [0.1, 0.15) is 0 Å². The predicted molar refractivity (Wildman–Crippen MR) is 67.6 cm³/mol. The molecule has 0 radical (unpaired) electrons. The van der Waals surface area contributed by atoms with E-state index in [4.69, 9.17) is 4.74 Å². The highest BCUT2D eigenvalue weighted by Crippen LogP contribution is 2.30. The Kier molecular flexibility index (Phi) is 5.62. The number of nitrogens with zero attached hydrogens (tertiary/aromatic N) is 1. The van der Waals surface area contributed by atoms with Gasteiger partial charge < -0.3 is 10.1 Å². The van der Waals surface area contributed by atoms with E-state index in [1.165, 1.54) is 12.1 Å². The van der Waals surface area contributed by atoms with Crippen molar-refractivity contribution in [3.05, 3.63) is 33.9 Å². The molecule has 0 fully saturated rings. The molecule has 0 aliphatic heterocycles. The molecule has 0 unspecified atom stereocenters. The molecule has 0 amide bonds. The molecule has 7 heteroatoms. The molecular weight excluding hydrogens is 258 g/mol. The first-order valence-corrected chi connectivity index (χ1v) is 5.83. The Labute approximate surface area is 109 Å². The van der Waals surface area contributed by atoms with Gasteiger partial charge in [-0.1, -0.05) is 0 Å². The predicted octanol–water partition coefficient (Wildman–Crippen LogP) is 3.37. The molecule has 19 heavy (non-hydrogen) atoms. The number of benzene rings is 1. The average Bonchev–Trinajstić information content (AvgIpc) is 2.34. The SMILES string of the molecule is CC(C)OCCNc1ccc([N+](=O)[O-])cc1C(F)F. The molecule has 106 valence electrons. The second-order valence-corrected chi connectivity index (χ2v) is 4.18. The third-order valence-corrected chi connectivity index (χ3v) is 2.35. The first-order chi connectivity index (χ1) is 8.91. The molecule has 0 heterocycles. The molecule has 0 aliphatic rings. The summed E-state index contributed by atoms with van der Waals surface area (Å²) in [7, 11) is 0. The quantitative estimate of drug-likeness (QED) is 0.470. The summed E-state index contributed by atoms with van der Waals surface area (Å²) in [6, 6.07) is 3.36. The van der Waals surface area contributed by atoms with E-state index in [-0.39, 0.29) is 23.0 Å². The van der Waals surface area contributed by atoms with E-state index in [1.807, 2.05) is 13.8 Å². The van der Waals surface area contributed by atoms with Crippen molar-refractivity contribution in [2.75, 3.05) is 18.5 Å². The maximum absolute atomic E-state index is 12.8. The van der Waals surface area contributed by atoms with Crippen molar-refractivity contribution in [2.45, 2.75) is 26.4 Å². The maximum Gasteiger partial charge on any atom is 0.270 e. The molecule has 0 aromatic heterocycles. The smallest absolute Gasteiger partial charge is 0.270 e. The third kappa shape index (κ3) is 4.78. The number of hydrogen-bond acceptors (Lipinski definition) is 4. The van der Waals surface area contributed by atoms with Gasteiger partial charge in [0.15, 0.2) is 0 Å². The van der Waals surface area contributed by atoms with E-state index < -0.39 is 11.3 Å². The van der Waals surface area contributed by atoms with Crippen LogP contribution in [0.25, 0.3) is 0 Å². The van der Waals surface area contributed by atoms with Crippen LogP contribution < -0.4 is 5.32 Å². The largest absolute Gasteiger partial charge is 0.382 e. The summed E-state index contributed by atoms with van der Waals surface area (Å²) < 4.78 is 30.9. The van der Waals surface area contributed by atoms with Crippen LogP contribution in [0, 0.1) is 10.1 Å². The highest BCUT2D eigenvalue weighted by molar-refractivity contribution is 5.56. The number of rotatable bonds is 7. The van der Waals surface area contributed by atoms with Crippen LogP contribution in [-0.2, 0) is 4.74 Å². The van der Waals surface area contributed by atoms with Crippen molar-refractivity contribution in [3.8, 4) is 0 Å². The monoisotopic (exact) mass is 274 g/mol. The summed E-state index contributed by atoms with van der Waals surface area (Å²) in [5, 5.41) is 13.3. The molecule has 1 N–H and O–H groups in total. The van der Waals surface area contributed by atoms with Gasteiger partial charge in [0.05, 0.1) is 17.6 Å². The van der Waals surface area contributed by atoms with Crippen molar-refractivity contribution in [2.24, 2.45) is 0 Å². The fraction of sp³-hybridized carbons (Fsp3) is 0.500. The van der Waals surface area contributed by atoms with Gasteiger partial charge in [-0.2, -0.15) is 0 Å². The zero-order chi connectivity index (χ0) is 14.4. The normalized spacial score (nSPS) is 11.1. The van der Waals surface area contributed by atoms with Crippen LogP contribution in [0.15, 0.2) is 18.2 Å². The Morgan fingerprint density at radius 1 is 1.42 bits per heavy atom. The molecular formula is C12H16F2N2O3. The Morgan fingerprint density at radius 2 is 2.11 bits per heavy atom. The Bertz CT molecular complexity index is 439. The number of anilines is 1. The van der Waals surface area contributed by atoms with Crippen molar-refractivity contribution in [1.29, 1.82) is 0 Å². The van der Waals surface area contributed by atoms with Crippen LogP contribution in [-0.4, -0.2) is 24.2 Å². The topological polar surface area (TPSA) is 64.4 Å². The minimum absolute atomic E-state index is 0.0632. The third-order valence-electron chi connectivity index (χ3n) is 2.35. The number of alkyl halides is 2. The van der Waals surface area contributed by atoms with Gasteiger partial charge in [0.25, 0.3) is 12.1 Å².